The molecule has 4 heteroatoms. The highest BCUT2D eigenvalue weighted by Gasteiger charge is 2.08. The lowest BCUT2D eigenvalue weighted by Crippen LogP contribution is -2.12. The molecule has 0 aliphatic heterocycles. The molecule has 1 atom stereocenters. The summed E-state index contributed by atoms with van der Waals surface area (Å²) < 4.78 is 5.24. The first kappa shape index (κ1) is 13.2. The van der Waals surface area contributed by atoms with Gasteiger partial charge in [-0.05, 0) is 29.8 Å². The number of methoxy groups -OCH3 is 1. The monoisotopic (exact) mass is 258 g/mol. The number of aliphatic hydroxyl groups excluding tert-OH is 1. The predicted molar refractivity (Wildman–Crippen MR) is 77.3 cm³/mol. The number of rotatable bonds is 5. The Labute approximate surface area is 112 Å². The summed E-state index contributed by atoms with van der Waals surface area (Å²) in [4.78, 5) is 0. The molecule has 1 unspecified atom stereocenters. The van der Waals surface area contributed by atoms with Gasteiger partial charge < -0.3 is 20.9 Å². The Morgan fingerprint density at radius 3 is 2.74 bits per heavy atom. The molecule has 100 valence electrons. The number of nitrogens with one attached hydrogen (secondary N) is 1. The van der Waals surface area contributed by atoms with E-state index >= 15 is 0 Å². The van der Waals surface area contributed by atoms with Crippen molar-refractivity contribution in [3.05, 3.63) is 54.1 Å². The fourth-order valence-corrected chi connectivity index (χ4v) is 1.88. The molecule has 0 aliphatic carbocycles. The number of ether oxygens (including phenoxy) is 1. The van der Waals surface area contributed by atoms with Crippen molar-refractivity contribution >= 4 is 11.4 Å². The van der Waals surface area contributed by atoms with Gasteiger partial charge >= 0.3 is 0 Å². The molecule has 0 radical (unpaired) electrons. The minimum atomic E-state index is -0.617. The maximum absolute atomic E-state index is 10.1. The van der Waals surface area contributed by atoms with Crippen molar-refractivity contribution in [1.29, 1.82) is 0 Å². The van der Waals surface area contributed by atoms with Gasteiger partial charge in [-0.3, -0.25) is 0 Å². The van der Waals surface area contributed by atoms with Crippen LogP contribution in [0.1, 0.15) is 11.7 Å². The Kier molecular flexibility index (Phi) is 4.26. The van der Waals surface area contributed by atoms with E-state index < -0.39 is 6.10 Å². The molecular weight excluding hydrogens is 240 g/mol. The van der Waals surface area contributed by atoms with Crippen molar-refractivity contribution in [3.63, 3.8) is 0 Å². The van der Waals surface area contributed by atoms with E-state index in [1.807, 2.05) is 36.4 Å². The summed E-state index contributed by atoms with van der Waals surface area (Å²) in [6.07, 6.45) is -0.617. The van der Waals surface area contributed by atoms with Crippen LogP contribution in [0.4, 0.5) is 11.4 Å². The molecule has 4 nitrogen and oxygen atoms in total. The summed E-state index contributed by atoms with van der Waals surface area (Å²) in [5.41, 5.74) is 7.99. The smallest absolute Gasteiger partial charge is 0.141 e. The van der Waals surface area contributed by atoms with Crippen LogP contribution in [0.5, 0.6) is 5.75 Å². The molecule has 2 rings (SSSR count). The number of nitrogen functional groups attached to an aromatic ring is 1. The summed E-state index contributed by atoms with van der Waals surface area (Å²) in [5.74, 6) is 0.752. The average molecular weight is 258 g/mol. The molecule has 0 amide bonds. The zero-order valence-corrected chi connectivity index (χ0v) is 10.8. The third-order valence-corrected chi connectivity index (χ3v) is 2.89. The first-order chi connectivity index (χ1) is 9.20. The maximum Gasteiger partial charge on any atom is 0.141 e. The Morgan fingerprint density at radius 2 is 2.00 bits per heavy atom. The minimum Gasteiger partial charge on any atom is -0.495 e. The van der Waals surface area contributed by atoms with E-state index in [0.717, 1.165) is 17.0 Å². The van der Waals surface area contributed by atoms with Crippen LogP contribution in [0.3, 0.4) is 0 Å². The van der Waals surface area contributed by atoms with E-state index in [2.05, 4.69) is 5.32 Å². The molecule has 19 heavy (non-hydrogen) atoms. The molecule has 0 saturated heterocycles. The van der Waals surface area contributed by atoms with E-state index in [4.69, 9.17) is 10.5 Å². The molecule has 0 heterocycles. The number of hydrogen-bond donors (Lipinski definition) is 3. The number of nitrogens with two attached hydrogens (primary N) is 1. The summed E-state index contributed by atoms with van der Waals surface area (Å²) in [6, 6.07) is 14.8. The van der Waals surface area contributed by atoms with Crippen LogP contribution < -0.4 is 15.8 Å². The standard InChI is InChI=1S/C15H18N2O2/c1-19-15-8-3-2-7-13(15)17-10-14(18)11-5-4-6-12(16)9-11/h2-9,14,17-18H,10,16H2,1H3. The van der Waals surface area contributed by atoms with Gasteiger partial charge in [-0.25, -0.2) is 0 Å². The highest BCUT2D eigenvalue weighted by Crippen LogP contribution is 2.24. The van der Waals surface area contributed by atoms with E-state index in [9.17, 15) is 5.11 Å². The maximum atomic E-state index is 10.1. The number of para-hydroxylation sites is 2. The lowest BCUT2D eigenvalue weighted by molar-refractivity contribution is 0.191. The normalized spacial score (nSPS) is 11.9. The van der Waals surface area contributed by atoms with Crippen molar-refractivity contribution in [2.24, 2.45) is 0 Å². The molecular formula is C15H18N2O2. The van der Waals surface area contributed by atoms with Gasteiger partial charge in [0, 0.05) is 12.2 Å². The molecule has 0 saturated carbocycles. The fraction of sp³-hybridized carbons (Fsp3) is 0.200. The first-order valence-electron chi connectivity index (χ1n) is 6.11. The van der Waals surface area contributed by atoms with E-state index in [1.165, 1.54) is 0 Å². The van der Waals surface area contributed by atoms with Gasteiger partial charge in [-0.1, -0.05) is 24.3 Å². The molecule has 0 fully saturated rings. The third kappa shape index (κ3) is 3.39. The summed E-state index contributed by atoms with van der Waals surface area (Å²) in [6.45, 7) is 0.393. The zero-order chi connectivity index (χ0) is 13.7. The van der Waals surface area contributed by atoms with Gasteiger partial charge in [0.2, 0.25) is 0 Å². The van der Waals surface area contributed by atoms with Crippen molar-refractivity contribution in [2.45, 2.75) is 6.10 Å². The second-order valence-electron chi connectivity index (χ2n) is 4.27. The van der Waals surface area contributed by atoms with E-state index in [-0.39, 0.29) is 0 Å². The highest BCUT2D eigenvalue weighted by atomic mass is 16.5. The van der Waals surface area contributed by atoms with Crippen LogP contribution in [-0.4, -0.2) is 18.8 Å². The highest BCUT2D eigenvalue weighted by molar-refractivity contribution is 5.56. The van der Waals surface area contributed by atoms with E-state index in [0.29, 0.717) is 12.2 Å². The quantitative estimate of drug-likeness (QED) is 0.720. The van der Waals surface area contributed by atoms with Crippen LogP contribution in [0.25, 0.3) is 0 Å². The lowest BCUT2D eigenvalue weighted by Gasteiger charge is -2.15. The SMILES string of the molecule is COc1ccccc1NCC(O)c1cccc(N)c1. The fourth-order valence-electron chi connectivity index (χ4n) is 1.88. The predicted octanol–water partition coefficient (Wildman–Crippen LogP) is 2.42. The van der Waals surface area contributed by atoms with Crippen LogP contribution in [0, 0.1) is 0 Å². The molecule has 4 N–H and O–H groups in total. The Hall–Kier alpha value is -2.20. The van der Waals surface area contributed by atoms with Crippen LogP contribution in [-0.2, 0) is 0 Å². The molecule has 2 aromatic carbocycles. The van der Waals surface area contributed by atoms with Gasteiger partial charge in [0.15, 0.2) is 0 Å². The topological polar surface area (TPSA) is 67.5 Å². The number of benzene rings is 2. The zero-order valence-electron chi connectivity index (χ0n) is 10.8. The molecule has 0 bridgehead atoms. The Bertz CT molecular complexity index is 543. The van der Waals surface area contributed by atoms with Crippen molar-refractivity contribution in [3.8, 4) is 5.75 Å². The van der Waals surface area contributed by atoms with Crippen LogP contribution >= 0.6 is 0 Å². The number of hydrogen-bond acceptors (Lipinski definition) is 4. The van der Waals surface area contributed by atoms with Gasteiger partial charge in [-0.2, -0.15) is 0 Å². The molecule has 0 aliphatic rings. The second kappa shape index (κ2) is 6.11. The molecule has 2 aromatic rings. The van der Waals surface area contributed by atoms with Crippen molar-refractivity contribution in [2.75, 3.05) is 24.7 Å². The lowest BCUT2D eigenvalue weighted by atomic mass is 10.1. The Morgan fingerprint density at radius 1 is 1.21 bits per heavy atom. The minimum absolute atomic E-state index is 0.393. The summed E-state index contributed by atoms with van der Waals surface area (Å²) >= 11 is 0. The molecule has 0 spiro atoms. The van der Waals surface area contributed by atoms with Gasteiger partial charge in [0.1, 0.15) is 5.75 Å². The summed E-state index contributed by atoms with van der Waals surface area (Å²) in [5, 5.41) is 13.3. The van der Waals surface area contributed by atoms with E-state index in [1.54, 1.807) is 19.2 Å². The number of anilines is 2. The Balaban J connectivity index is 2.02. The van der Waals surface area contributed by atoms with Gasteiger partial charge in [0.05, 0.1) is 18.9 Å². The second-order valence-corrected chi connectivity index (χ2v) is 4.27. The summed E-state index contributed by atoms with van der Waals surface area (Å²) in [7, 11) is 1.62. The average Bonchev–Trinajstić information content (AvgIpc) is 2.45. The van der Waals surface area contributed by atoms with Gasteiger partial charge in [-0.15, -0.1) is 0 Å². The number of aliphatic hydroxyl groups is 1. The van der Waals surface area contributed by atoms with Crippen LogP contribution in [0.2, 0.25) is 0 Å². The third-order valence-electron chi connectivity index (χ3n) is 2.89. The van der Waals surface area contributed by atoms with Crippen molar-refractivity contribution in [1.82, 2.24) is 0 Å². The van der Waals surface area contributed by atoms with Gasteiger partial charge in [0.25, 0.3) is 0 Å². The largest absolute Gasteiger partial charge is 0.495 e. The van der Waals surface area contributed by atoms with Crippen LogP contribution in [0.15, 0.2) is 48.5 Å². The molecule has 0 aromatic heterocycles. The van der Waals surface area contributed by atoms with Crippen molar-refractivity contribution < 1.29 is 9.84 Å². The first-order valence-corrected chi connectivity index (χ1v) is 6.11.